The summed E-state index contributed by atoms with van der Waals surface area (Å²) in [6.45, 7) is 3.62. The standard InChI is InChI=1S/C6H10O2.Rb.V/c1-4-5(2)6(7)8-3;;/h3-4H2,1-2H3;;/q-2;+1;. The van der Waals surface area contributed by atoms with Gasteiger partial charge in [0.15, 0.2) is 0 Å². The summed E-state index contributed by atoms with van der Waals surface area (Å²) in [6.07, 6.45) is 0.731. The molecule has 0 aliphatic carbocycles. The third kappa shape index (κ3) is 7.83. The van der Waals surface area contributed by atoms with Crippen molar-refractivity contribution < 1.29 is 86.3 Å². The van der Waals surface area contributed by atoms with Crippen LogP contribution in [-0.4, -0.2) is 5.97 Å². The number of ether oxygens (including phenoxy) is 1. The molecule has 0 amide bonds. The van der Waals surface area contributed by atoms with Gasteiger partial charge in [0.25, 0.3) is 0 Å². The number of hydrogen-bond acceptors (Lipinski definition) is 2. The van der Waals surface area contributed by atoms with Crippen LogP contribution in [0.25, 0.3) is 0 Å². The van der Waals surface area contributed by atoms with E-state index in [1.807, 2.05) is 6.92 Å². The minimum absolute atomic E-state index is 0. The van der Waals surface area contributed by atoms with Crippen molar-refractivity contribution in [1.82, 2.24) is 0 Å². The molecule has 0 aromatic carbocycles. The first-order chi connectivity index (χ1) is 3.72. The van der Waals surface area contributed by atoms with Gasteiger partial charge in [-0.3, -0.25) is 10.7 Å². The summed E-state index contributed by atoms with van der Waals surface area (Å²) in [7, 11) is 2.98. The van der Waals surface area contributed by atoms with Crippen molar-refractivity contribution in [3.8, 4) is 0 Å². The minimum Gasteiger partial charge on any atom is -0.662 e. The third-order valence-corrected chi connectivity index (χ3v) is 1.01. The van der Waals surface area contributed by atoms with E-state index in [1.54, 1.807) is 6.92 Å². The molecular formula is C6H10O2RbV-. The van der Waals surface area contributed by atoms with Crippen LogP contribution in [0.3, 0.4) is 0 Å². The number of hydrogen-bond donors (Lipinski definition) is 0. The Bertz CT molecular complexity index is 87.8. The van der Waals surface area contributed by atoms with Gasteiger partial charge in [-0.1, -0.05) is 6.92 Å². The topological polar surface area (TPSA) is 26.3 Å². The van der Waals surface area contributed by atoms with Gasteiger partial charge in [0.05, 0.1) is 0 Å². The van der Waals surface area contributed by atoms with Crippen molar-refractivity contribution in [3.05, 3.63) is 13.0 Å². The van der Waals surface area contributed by atoms with Gasteiger partial charge in [-0.2, -0.15) is 20.5 Å². The predicted octanol–water partition coefficient (Wildman–Crippen LogP) is -1.67. The quantitative estimate of drug-likeness (QED) is 0.433. The average Bonchev–Trinajstić information content (AvgIpc) is 1.84. The van der Waals surface area contributed by atoms with Crippen LogP contribution in [0.2, 0.25) is 0 Å². The Labute approximate surface area is 123 Å². The molecule has 1 radical (unpaired) electrons. The maximum absolute atomic E-state index is 10.4. The Morgan fingerprint density at radius 1 is 1.70 bits per heavy atom. The summed E-state index contributed by atoms with van der Waals surface area (Å²) in [4.78, 5) is 10.4. The van der Waals surface area contributed by atoms with Crippen LogP contribution in [0.1, 0.15) is 20.3 Å². The molecule has 0 N–H and O–H groups in total. The second-order valence-electron chi connectivity index (χ2n) is 1.57. The zero-order chi connectivity index (χ0) is 6.57. The summed E-state index contributed by atoms with van der Waals surface area (Å²) in [5.74, 6) is 0.396. The third-order valence-electron chi connectivity index (χ3n) is 1.01. The molecule has 0 spiro atoms. The van der Waals surface area contributed by atoms with E-state index in [-0.39, 0.29) is 82.7 Å². The number of rotatable bonds is 2. The first kappa shape index (κ1) is 17.7. The van der Waals surface area contributed by atoms with Gasteiger partial charge >= 0.3 is 58.2 Å². The Balaban J connectivity index is -0.000000245. The molecular weight excluding hydrogens is 240 g/mol. The average molecular weight is 251 g/mol. The molecule has 2 nitrogen and oxygen atoms in total. The minimum atomic E-state index is -0.312. The van der Waals surface area contributed by atoms with Crippen molar-refractivity contribution in [2.45, 2.75) is 20.3 Å². The van der Waals surface area contributed by atoms with Crippen LogP contribution in [0.15, 0.2) is 0 Å². The van der Waals surface area contributed by atoms with Crippen molar-refractivity contribution in [2.75, 3.05) is 0 Å². The fourth-order valence-corrected chi connectivity index (χ4v) is 0.268. The maximum Gasteiger partial charge on any atom is 1.00 e. The van der Waals surface area contributed by atoms with Crippen molar-refractivity contribution in [3.63, 3.8) is 0 Å². The van der Waals surface area contributed by atoms with E-state index in [0.717, 1.165) is 6.42 Å². The van der Waals surface area contributed by atoms with Crippen molar-refractivity contribution >= 4 is 5.97 Å². The fraction of sp³-hybridized carbons (Fsp3) is 0.500. The number of carbonyl (C=O) groups excluding carboxylic acids is 1. The van der Waals surface area contributed by atoms with Gasteiger partial charge in [-0.05, 0) is 0 Å². The van der Waals surface area contributed by atoms with Crippen LogP contribution in [-0.2, 0) is 28.1 Å². The van der Waals surface area contributed by atoms with Gasteiger partial charge in [-0.15, -0.1) is 0 Å². The normalized spacial score (nSPS) is 6.70. The molecule has 0 atom stereocenters. The Kier molecular flexibility index (Phi) is 19.0. The van der Waals surface area contributed by atoms with Gasteiger partial charge < -0.3 is 4.74 Å². The molecule has 0 saturated heterocycles. The van der Waals surface area contributed by atoms with E-state index in [9.17, 15) is 4.79 Å². The van der Waals surface area contributed by atoms with E-state index in [0.29, 0.717) is 5.92 Å². The molecule has 0 aromatic heterocycles. The second kappa shape index (κ2) is 10.7. The Hall–Kier alpha value is 1.73. The molecule has 0 fully saturated rings. The van der Waals surface area contributed by atoms with E-state index in [1.165, 1.54) is 0 Å². The molecule has 0 saturated carbocycles. The van der Waals surface area contributed by atoms with Crippen LogP contribution in [0.5, 0.6) is 0 Å². The van der Waals surface area contributed by atoms with Crippen LogP contribution in [0.4, 0.5) is 0 Å². The molecule has 0 aromatic rings. The van der Waals surface area contributed by atoms with Crippen molar-refractivity contribution in [2.24, 2.45) is 0 Å². The monoisotopic (exact) mass is 250 g/mol. The number of carbonyl (C=O) groups is 1. The van der Waals surface area contributed by atoms with Crippen LogP contribution >= 0.6 is 0 Å². The van der Waals surface area contributed by atoms with Gasteiger partial charge in [0.2, 0.25) is 0 Å². The first-order valence-corrected chi connectivity index (χ1v) is 2.51. The van der Waals surface area contributed by atoms with E-state index in [4.69, 9.17) is 0 Å². The van der Waals surface area contributed by atoms with Gasteiger partial charge in [0.1, 0.15) is 5.97 Å². The van der Waals surface area contributed by atoms with E-state index >= 15 is 0 Å². The first-order valence-electron chi connectivity index (χ1n) is 2.51. The van der Waals surface area contributed by atoms with Gasteiger partial charge in [0, 0.05) is 18.6 Å². The zero-order valence-electron chi connectivity index (χ0n) is 6.68. The van der Waals surface area contributed by atoms with E-state index < -0.39 is 0 Å². The summed E-state index contributed by atoms with van der Waals surface area (Å²) in [5.41, 5.74) is 0. The Morgan fingerprint density at radius 3 is 2.20 bits per heavy atom. The summed E-state index contributed by atoms with van der Waals surface area (Å²) < 4.78 is 4.18. The fourth-order valence-electron chi connectivity index (χ4n) is 0.268. The van der Waals surface area contributed by atoms with Crippen LogP contribution < -0.4 is 58.2 Å². The summed E-state index contributed by atoms with van der Waals surface area (Å²) in [6, 6.07) is 0. The Morgan fingerprint density at radius 2 is 2.10 bits per heavy atom. The molecule has 10 heavy (non-hydrogen) atoms. The predicted molar refractivity (Wildman–Crippen MR) is 30.7 cm³/mol. The number of esters is 1. The largest absolute Gasteiger partial charge is 1.00 e. The van der Waals surface area contributed by atoms with Crippen molar-refractivity contribution in [1.29, 1.82) is 0 Å². The summed E-state index contributed by atoms with van der Waals surface area (Å²) in [5, 5.41) is 0. The molecule has 0 aliphatic rings. The zero-order valence-corrected chi connectivity index (χ0v) is 13.0. The van der Waals surface area contributed by atoms with E-state index in [2.05, 4.69) is 11.8 Å². The SMILES string of the molecule is [CH2-]OC(=O)[C-](C)CC.[Rb+].[V]. The van der Waals surface area contributed by atoms with Gasteiger partial charge in [-0.25, -0.2) is 0 Å². The molecule has 53 valence electrons. The molecule has 0 rings (SSSR count). The molecule has 0 unspecified atom stereocenters. The maximum atomic E-state index is 10.4. The smallest absolute Gasteiger partial charge is 0.662 e. The summed E-state index contributed by atoms with van der Waals surface area (Å²) >= 11 is 0. The molecule has 4 heteroatoms. The molecule has 0 aliphatic heterocycles. The van der Waals surface area contributed by atoms with Crippen LogP contribution in [0, 0.1) is 13.0 Å². The molecule has 0 bridgehead atoms. The molecule has 0 heterocycles. The second-order valence-corrected chi connectivity index (χ2v) is 1.57.